The van der Waals surface area contributed by atoms with Crippen LogP contribution in [-0.2, 0) is 25.8 Å². The number of likely N-dealkylation sites (tertiary alicyclic amines) is 1. The number of ether oxygens (including phenoxy) is 1. The Labute approximate surface area is 233 Å². The highest BCUT2D eigenvalue weighted by Crippen LogP contribution is 2.40. The van der Waals surface area contributed by atoms with Crippen molar-refractivity contribution in [2.45, 2.75) is 77.4 Å². The van der Waals surface area contributed by atoms with Gasteiger partial charge < -0.3 is 24.8 Å². The molecule has 1 N–H and O–H groups in total. The molecule has 4 aliphatic rings. The van der Waals surface area contributed by atoms with Crippen LogP contribution in [0.25, 0.3) is 0 Å². The summed E-state index contributed by atoms with van der Waals surface area (Å²) in [6, 6.07) is 10.3. The van der Waals surface area contributed by atoms with Crippen LogP contribution in [0.4, 0.5) is 11.5 Å². The zero-order valence-electron chi connectivity index (χ0n) is 23.9. The maximum absolute atomic E-state index is 9.29. The van der Waals surface area contributed by atoms with Crippen molar-refractivity contribution in [2.75, 3.05) is 56.2 Å². The zero-order chi connectivity index (χ0) is 27.0. The highest BCUT2D eigenvalue weighted by atomic mass is 16.5. The van der Waals surface area contributed by atoms with Crippen LogP contribution in [-0.4, -0.2) is 73.3 Å². The summed E-state index contributed by atoms with van der Waals surface area (Å²) in [7, 11) is 2.18. The van der Waals surface area contributed by atoms with Crippen molar-refractivity contribution in [1.29, 1.82) is 5.26 Å². The fourth-order valence-electron chi connectivity index (χ4n) is 6.98. The Bertz CT molecular complexity index is 1240. The van der Waals surface area contributed by atoms with Gasteiger partial charge in [-0.15, -0.1) is 0 Å². The number of likely N-dealkylation sites (N-methyl/N-ethyl adjacent to an activating group) is 1. The lowest BCUT2D eigenvalue weighted by Crippen LogP contribution is -2.51. The minimum Gasteiger partial charge on any atom is -0.462 e. The Morgan fingerprint density at radius 1 is 1.13 bits per heavy atom. The Morgan fingerprint density at radius 2 is 2.03 bits per heavy atom. The summed E-state index contributed by atoms with van der Waals surface area (Å²) in [5.74, 6) is 1.01. The number of aromatic nitrogens is 2. The van der Waals surface area contributed by atoms with Crippen molar-refractivity contribution in [3.8, 4) is 12.1 Å². The first-order valence-electron chi connectivity index (χ1n) is 14.8. The Hall–Kier alpha value is -2.89. The molecule has 0 radical (unpaired) electrons. The van der Waals surface area contributed by atoms with E-state index in [9.17, 15) is 5.26 Å². The van der Waals surface area contributed by atoms with Crippen LogP contribution < -0.4 is 19.9 Å². The van der Waals surface area contributed by atoms with Gasteiger partial charge in [0.1, 0.15) is 12.4 Å². The van der Waals surface area contributed by atoms with Gasteiger partial charge in [-0.1, -0.05) is 26.0 Å². The van der Waals surface area contributed by atoms with E-state index >= 15 is 0 Å². The Balaban J connectivity index is 1.30. The summed E-state index contributed by atoms with van der Waals surface area (Å²) in [4.78, 5) is 17.3. The number of rotatable bonds is 6. The molecule has 2 atom stereocenters. The lowest BCUT2D eigenvalue weighted by molar-refractivity contribution is 0.187. The lowest BCUT2D eigenvalue weighted by atomic mass is 9.74. The molecule has 1 aromatic heterocycles. The summed E-state index contributed by atoms with van der Waals surface area (Å²) in [5, 5.41) is 12.8. The zero-order valence-corrected chi connectivity index (χ0v) is 23.9. The van der Waals surface area contributed by atoms with Crippen LogP contribution in [0.1, 0.15) is 61.9 Å². The standard InChI is InChI=1S/C31H43N7O/c1-31(2)12-9-25-22(18-31)6-4-8-28(25)37-16-11-26-27(20-37)34-30(39-21-24-7-5-15-36(24)3)35-29(26)38-17-14-33-23(19-38)10-13-32/h4,6,8,23-24,33H,5,7,9-12,14-21H2,1-3H3/t23-,24-/m0/s1. The molecule has 8 heteroatoms. The van der Waals surface area contributed by atoms with Crippen molar-refractivity contribution >= 4 is 11.5 Å². The molecule has 1 aromatic carbocycles. The van der Waals surface area contributed by atoms with Crippen LogP contribution >= 0.6 is 0 Å². The van der Waals surface area contributed by atoms with E-state index in [0.717, 1.165) is 76.5 Å². The second kappa shape index (κ2) is 10.9. The molecule has 0 unspecified atom stereocenters. The molecule has 8 nitrogen and oxygen atoms in total. The average Bonchev–Trinajstić information content (AvgIpc) is 3.35. The van der Waals surface area contributed by atoms with Gasteiger partial charge in [-0.25, -0.2) is 0 Å². The molecule has 1 aliphatic carbocycles. The van der Waals surface area contributed by atoms with Gasteiger partial charge in [0, 0.05) is 49.5 Å². The van der Waals surface area contributed by atoms with Crippen LogP contribution in [0.15, 0.2) is 18.2 Å². The molecule has 3 aliphatic heterocycles. The molecule has 39 heavy (non-hydrogen) atoms. The number of hydrogen-bond donors (Lipinski definition) is 1. The first-order valence-corrected chi connectivity index (χ1v) is 14.8. The predicted octanol–water partition coefficient (Wildman–Crippen LogP) is 3.72. The molecule has 0 saturated carbocycles. The Kier molecular flexibility index (Phi) is 7.39. The van der Waals surface area contributed by atoms with Gasteiger partial charge in [0.15, 0.2) is 0 Å². The summed E-state index contributed by atoms with van der Waals surface area (Å²) < 4.78 is 6.31. The van der Waals surface area contributed by atoms with Crippen LogP contribution in [0.5, 0.6) is 6.01 Å². The van der Waals surface area contributed by atoms with E-state index in [1.54, 1.807) is 0 Å². The number of nitriles is 1. The molecular weight excluding hydrogens is 486 g/mol. The number of benzene rings is 1. The van der Waals surface area contributed by atoms with Gasteiger partial charge >= 0.3 is 6.01 Å². The fourth-order valence-corrected chi connectivity index (χ4v) is 6.98. The van der Waals surface area contributed by atoms with Crippen molar-refractivity contribution in [1.82, 2.24) is 20.2 Å². The Morgan fingerprint density at radius 3 is 2.85 bits per heavy atom. The van der Waals surface area contributed by atoms with E-state index in [1.807, 2.05) is 0 Å². The van der Waals surface area contributed by atoms with Gasteiger partial charge in [0.25, 0.3) is 0 Å². The van der Waals surface area contributed by atoms with E-state index in [0.29, 0.717) is 30.5 Å². The second-order valence-electron chi connectivity index (χ2n) is 12.7. The van der Waals surface area contributed by atoms with Crippen LogP contribution in [0.2, 0.25) is 0 Å². The summed E-state index contributed by atoms with van der Waals surface area (Å²) >= 11 is 0. The van der Waals surface area contributed by atoms with Gasteiger partial charge in [-0.05, 0) is 74.7 Å². The summed E-state index contributed by atoms with van der Waals surface area (Å²) in [5.41, 5.74) is 7.11. The van der Waals surface area contributed by atoms with Crippen molar-refractivity contribution in [3.63, 3.8) is 0 Å². The average molecular weight is 530 g/mol. The number of anilines is 2. The highest BCUT2D eigenvalue weighted by Gasteiger charge is 2.32. The largest absolute Gasteiger partial charge is 0.462 e. The molecule has 0 spiro atoms. The van der Waals surface area contributed by atoms with Crippen molar-refractivity contribution < 1.29 is 4.74 Å². The van der Waals surface area contributed by atoms with E-state index in [4.69, 9.17) is 14.7 Å². The quantitative estimate of drug-likeness (QED) is 0.607. The molecule has 2 aromatic rings. The first kappa shape index (κ1) is 26.3. The normalized spacial score (nSPS) is 24.7. The first-order chi connectivity index (χ1) is 18.9. The topological polar surface area (TPSA) is 80.5 Å². The highest BCUT2D eigenvalue weighted by molar-refractivity contribution is 5.61. The third-order valence-electron chi connectivity index (χ3n) is 9.30. The minimum atomic E-state index is 0.158. The third-order valence-corrected chi connectivity index (χ3v) is 9.30. The molecule has 2 fully saturated rings. The number of hydrogen-bond acceptors (Lipinski definition) is 8. The monoisotopic (exact) mass is 529 g/mol. The molecule has 6 rings (SSSR count). The molecule has 0 amide bonds. The number of piperazine rings is 1. The number of nitrogens with one attached hydrogen (secondary N) is 1. The molecular formula is C31H43N7O. The van der Waals surface area contributed by atoms with Gasteiger partial charge in [-0.3, -0.25) is 0 Å². The van der Waals surface area contributed by atoms with E-state index < -0.39 is 0 Å². The van der Waals surface area contributed by atoms with E-state index in [-0.39, 0.29) is 6.04 Å². The van der Waals surface area contributed by atoms with Crippen LogP contribution in [0, 0.1) is 16.7 Å². The van der Waals surface area contributed by atoms with Crippen molar-refractivity contribution in [2.24, 2.45) is 5.41 Å². The number of nitrogens with zero attached hydrogens (tertiary/aromatic N) is 6. The number of fused-ring (bicyclic) bond motifs is 2. The minimum absolute atomic E-state index is 0.158. The lowest BCUT2D eigenvalue weighted by Gasteiger charge is -2.39. The summed E-state index contributed by atoms with van der Waals surface area (Å²) in [6.07, 6.45) is 7.31. The maximum atomic E-state index is 9.29. The fraction of sp³-hybridized carbons (Fsp3) is 0.645. The SMILES string of the molecule is CN1CCC[C@H]1COc1nc2c(c(N3CCN[C@@H](CC#N)C3)n1)CCN(c1cccc3c1CCC(C)(C)C3)C2. The van der Waals surface area contributed by atoms with Crippen molar-refractivity contribution in [3.05, 3.63) is 40.6 Å². The summed E-state index contributed by atoms with van der Waals surface area (Å²) in [6.45, 7) is 10.8. The second-order valence-corrected chi connectivity index (χ2v) is 12.7. The maximum Gasteiger partial charge on any atom is 0.318 e. The van der Waals surface area contributed by atoms with Gasteiger partial charge in [-0.2, -0.15) is 15.2 Å². The molecule has 0 bridgehead atoms. The third kappa shape index (κ3) is 5.57. The molecule has 208 valence electrons. The smallest absolute Gasteiger partial charge is 0.318 e. The molecule has 2 saturated heterocycles. The van der Waals surface area contributed by atoms with Gasteiger partial charge in [0.2, 0.25) is 0 Å². The molecule has 4 heterocycles. The van der Waals surface area contributed by atoms with Crippen LogP contribution in [0.3, 0.4) is 0 Å². The van der Waals surface area contributed by atoms with E-state index in [2.05, 4.69) is 65.2 Å². The van der Waals surface area contributed by atoms with Gasteiger partial charge in [0.05, 0.1) is 24.7 Å². The predicted molar refractivity (Wildman–Crippen MR) is 154 cm³/mol. The van der Waals surface area contributed by atoms with E-state index in [1.165, 1.54) is 35.2 Å².